The second-order valence-electron chi connectivity index (χ2n) is 7.31. The Hall–Kier alpha value is -3.74. The fraction of sp³-hybridized carbons (Fsp3) is 0.250. The lowest BCUT2D eigenvalue weighted by atomic mass is 9.93. The lowest BCUT2D eigenvalue weighted by molar-refractivity contribution is -0.138. The van der Waals surface area contributed by atoms with Crippen molar-refractivity contribution in [3.8, 4) is 11.5 Å². The second kappa shape index (κ2) is 7.83. The molecule has 0 bridgehead atoms. The molecular weight excluding hydrogens is 398 g/mol. The Morgan fingerprint density at radius 1 is 1.19 bits per heavy atom. The Morgan fingerprint density at radius 3 is 2.84 bits per heavy atom. The van der Waals surface area contributed by atoms with Gasteiger partial charge in [-0.2, -0.15) is 0 Å². The molecule has 1 unspecified atom stereocenters. The normalized spacial score (nSPS) is 18.9. The van der Waals surface area contributed by atoms with Crippen molar-refractivity contribution in [2.45, 2.75) is 19.8 Å². The minimum absolute atomic E-state index is 0.204. The van der Waals surface area contributed by atoms with Crippen LogP contribution in [0.4, 0.5) is 0 Å². The summed E-state index contributed by atoms with van der Waals surface area (Å²) in [5, 5.41) is 0. The van der Waals surface area contributed by atoms with Crippen LogP contribution in [-0.4, -0.2) is 42.6 Å². The summed E-state index contributed by atoms with van der Waals surface area (Å²) in [6, 6.07) is 15.0. The zero-order chi connectivity index (χ0) is 21.4. The van der Waals surface area contributed by atoms with Crippen molar-refractivity contribution in [2.75, 3.05) is 19.8 Å². The van der Waals surface area contributed by atoms with E-state index >= 15 is 0 Å². The van der Waals surface area contributed by atoms with Gasteiger partial charge >= 0.3 is 5.97 Å². The van der Waals surface area contributed by atoms with E-state index in [1.807, 2.05) is 30.3 Å². The first kappa shape index (κ1) is 19.2. The summed E-state index contributed by atoms with van der Waals surface area (Å²) in [6.07, 6.45) is 0.898. The van der Waals surface area contributed by atoms with Crippen LogP contribution < -0.4 is 9.47 Å². The van der Waals surface area contributed by atoms with E-state index in [1.165, 1.54) is 6.08 Å². The number of Topliss-reactive ketones (excluding diaryl/α,β-unsaturated/α-hetero) is 1. The van der Waals surface area contributed by atoms with Crippen molar-refractivity contribution in [1.82, 2.24) is 4.90 Å². The van der Waals surface area contributed by atoms with Gasteiger partial charge < -0.3 is 18.9 Å². The van der Waals surface area contributed by atoms with Crippen LogP contribution in [0.5, 0.6) is 11.5 Å². The van der Waals surface area contributed by atoms with Gasteiger partial charge in [0.2, 0.25) is 12.1 Å². The van der Waals surface area contributed by atoms with Gasteiger partial charge in [0.25, 0.3) is 0 Å². The van der Waals surface area contributed by atoms with E-state index in [4.69, 9.17) is 18.9 Å². The SMILES string of the molecule is CCOC(=O)C1=C2OCCN2C2Oc3ccc(OCc4ccccc4)cc3C(=O)C2=C1. The summed E-state index contributed by atoms with van der Waals surface area (Å²) in [6.45, 7) is 3.28. The van der Waals surface area contributed by atoms with E-state index in [1.54, 1.807) is 30.0 Å². The molecule has 0 radical (unpaired) electrons. The zero-order valence-electron chi connectivity index (χ0n) is 17.0. The standard InChI is InChI=1S/C24H21NO6/c1-2-28-24(27)19-13-18-21(26)17-12-16(30-14-15-6-4-3-5-7-15)8-9-20(17)31-23(18)25-10-11-29-22(19)25/h3-9,12-13,23H,2,10-11,14H2,1H3. The number of carbonyl (C=O) groups is 2. The molecule has 31 heavy (non-hydrogen) atoms. The summed E-state index contributed by atoms with van der Waals surface area (Å²) >= 11 is 0. The molecule has 3 aliphatic heterocycles. The number of ketones is 1. The molecule has 0 aliphatic carbocycles. The number of rotatable bonds is 5. The maximum atomic E-state index is 13.3. The van der Waals surface area contributed by atoms with Gasteiger partial charge in [-0.05, 0) is 36.8 Å². The van der Waals surface area contributed by atoms with Gasteiger partial charge in [-0.1, -0.05) is 30.3 Å². The molecular formula is C24H21NO6. The van der Waals surface area contributed by atoms with E-state index < -0.39 is 12.2 Å². The highest BCUT2D eigenvalue weighted by atomic mass is 16.6. The number of fused-ring (bicyclic) bond motifs is 4. The molecule has 0 aromatic heterocycles. The third kappa shape index (κ3) is 3.42. The number of hydrogen-bond acceptors (Lipinski definition) is 7. The largest absolute Gasteiger partial charge is 0.489 e. The van der Waals surface area contributed by atoms with Gasteiger partial charge in [-0.25, -0.2) is 4.79 Å². The maximum Gasteiger partial charge on any atom is 0.343 e. The van der Waals surface area contributed by atoms with Crippen LogP contribution in [0.15, 0.2) is 71.6 Å². The Balaban J connectivity index is 1.45. The predicted octanol–water partition coefficient (Wildman–Crippen LogP) is 3.21. The van der Waals surface area contributed by atoms with Crippen molar-refractivity contribution < 1.29 is 28.5 Å². The summed E-state index contributed by atoms with van der Waals surface area (Å²) in [5.41, 5.74) is 2.05. The fourth-order valence-corrected chi connectivity index (χ4v) is 3.89. The molecule has 7 nitrogen and oxygen atoms in total. The quantitative estimate of drug-likeness (QED) is 0.689. The number of nitrogens with zero attached hydrogens (tertiary/aromatic N) is 1. The molecule has 2 aromatic rings. The van der Waals surface area contributed by atoms with E-state index in [0.717, 1.165) is 5.56 Å². The highest BCUT2D eigenvalue weighted by molar-refractivity contribution is 6.13. The molecule has 0 saturated carbocycles. The lowest BCUT2D eigenvalue weighted by Crippen LogP contribution is -2.46. The van der Waals surface area contributed by atoms with Crippen molar-refractivity contribution in [2.24, 2.45) is 0 Å². The zero-order valence-corrected chi connectivity index (χ0v) is 17.0. The van der Waals surface area contributed by atoms with Crippen molar-refractivity contribution >= 4 is 11.8 Å². The Morgan fingerprint density at radius 2 is 2.03 bits per heavy atom. The van der Waals surface area contributed by atoms with Crippen molar-refractivity contribution in [3.05, 3.63) is 82.8 Å². The third-order valence-corrected chi connectivity index (χ3v) is 5.35. The number of benzene rings is 2. The van der Waals surface area contributed by atoms with Gasteiger partial charge in [-0.3, -0.25) is 9.69 Å². The molecule has 3 heterocycles. The topological polar surface area (TPSA) is 74.3 Å². The molecule has 0 spiro atoms. The number of carbonyl (C=O) groups excluding carboxylic acids is 2. The van der Waals surface area contributed by atoms with E-state index in [0.29, 0.717) is 48.3 Å². The van der Waals surface area contributed by atoms with Gasteiger partial charge in [0, 0.05) is 0 Å². The molecule has 7 heteroatoms. The van der Waals surface area contributed by atoms with Gasteiger partial charge in [0.15, 0.2) is 5.78 Å². The van der Waals surface area contributed by atoms with Crippen LogP contribution in [0.25, 0.3) is 0 Å². The van der Waals surface area contributed by atoms with Crippen LogP contribution in [-0.2, 0) is 20.9 Å². The van der Waals surface area contributed by atoms with Crippen LogP contribution in [0.1, 0.15) is 22.8 Å². The van der Waals surface area contributed by atoms with E-state index in [2.05, 4.69) is 0 Å². The van der Waals surface area contributed by atoms with Crippen LogP contribution in [0.3, 0.4) is 0 Å². The van der Waals surface area contributed by atoms with Crippen molar-refractivity contribution in [3.63, 3.8) is 0 Å². The fourth-order valence-electron chi connectivity index (χ4n) is 3.89. The highest BCUT2D eigenvalue weighted by Crippen LogP contribution is 2.40. The number of hydrogen-bond donors (Lipinski definition) is 0. The predicted molar refractivity (Wildman–Crippen MR) is 110 cm³/mol. The summed E-state index contributed by atoms with van der Waals surface area (Å²) in [5.74, 6) is 0.718. The van der Waals surface area contributed by atoms with Crippen LogP contribution in [0, 0.1) is 0 Å². The molecule has 1 atom stereocenters. The summed E-state index contributed by atoms with van der Waals surface area (Å²) in [7, 11) is 0. The van der Waals surface area contributed by atoms with Crippen LogP contribution >= 0.6 is 0 Å². The van der Waals surface area contributed by atoms with Crippen molar-refractivity contribution in [1.29, 1.82) is 0 Å². The Labute approximate surface area is 179 Å². The minimum atomic E-state index is -0.633. The Bertz CT molecular complexity index is 1100. The van der Waals surface area contributed by atoms with E-state index in [9.17, 15) is 9.59 Å². The van der Waals surface area contributed by atoms with Gasteiger partial charge in [0.1, 0.15) is 30.3 Å². The molecule has 1 saturated heterocycles. The van der Waals surface area contributed by atoms with Gasteiger partial charge in [0.05, 0.1) is 24.3 Å². The highest BCUT2D eigenvalue weighted by Gasteiger charge is 2.44. The molecule has 1 fully saturated rings. The molecule has 3 aliphatic rings. The number of ether oxygens (including phenoxy) is 4. The maximum absolute atomic E-state index is 13.3. The van der Waals surface area contributed by atoms with E-state index in [-0.39, 0.29) is 18.0 Å². The third-order valence-electron chi connectivity index (χ3n) is 5.35. The molecule has 2 aromatic carbocycles. The summed E-state index contributed by atoms with van der Waals surface area (Å²) in [4.78, 5) is 27.6. The molecule has 158 valence electrons. The molecule has 5 rings (SSSR count). The monoisotopic (exact) mass is 419 g/mol. The second-order valence-corrected chi connectivity index (χ2v) is 7.31. The smallest absolute Gasteiger partial charge is 0.343 e. The first-order valence-electron chi connectivity index (χ1n) is 10.2. The minimum Gasteiger partial charge on any atom is -0.489 e. The average Bonchev–Trinajstić information content (AvgIpc) is 3.29. The number of esters is 1. The lowest BCUT2D eigenvalue weighted by Gasteiger charge is -2.37. The van der Waals surface area contributed by atoms with Gasteiger partial charge in [-0.15, -0.1) is 0 Å². The molecule has 0 amide bonds. The average molecular weight is 419 g/mol. The molecule has 0 N–H and O–H groups in total. The van der Waals surface area contributed by atoms with Crippen LogP contribution in [0.2, 0.25) is 0 Å². The Kier molecular flexibility index (Phi) is 4.86. The first-order valence-corrected chi connectivity index (χ1v) is 10.2. The first-order chi connectivity index (χ1) is 15.2. The summed E-state index contributed by atoms with van der Waals surface area (Å²) < 4.78 is 22.8.